The summed E-state index contributed by atoms with van der Waals surface area (Å²) in [5.74, 6) is 0. The predicted octanol–water partition coefficient (Wildman–Crippen LogP) is -3.56. The molecule has 0 heterocycles. The number of unbranched alkanes of at least 4 members (excludes halogenated alkanes) is 12. The Hall–Kier alpha value is 1.88. The molecule has 0 spiro atoms. The summed E-state index contributed by atoms with van der Waals surface area (Å²) in [5, 5.41) is 0. The molecule has 0 rings (SSSR count). The third-order valence-corrected chi connectivity index (χ3v) is 4.08. The largest absolute Gasteiger partial charge is 1.00 e. The highest BCUT2D eigenvalue weighted by Crippen LogP contribution is 2.13. The lowest BCUT2D eigenvalue weighted by Gasteiger charge is -2.03. The maximum absolute atomic E-state index is 3.95. The molecule has 0 saturated heterocycles. The minimum Gasteiger partial charge on any atom is -1.00 e. The minimum atomic E-state index is 0. The smallest absolute Gasteiger partial charge is 0.139 e. The lowest BCUT2D eigenvalue weighted by Crippen LogP contribution is -3.00. The second-order valence-corrected chi connectivity index (χ2v) is 6.92. The van der Waals surface area contributed by atoms with E-state index in [9.17, 15) is 0 Å². The van der Waals surface area contributed by atoms with E-state index in [0.29, 0.717) is 4.95 Å². The van der Waals surface area contributed by atoms with E-state index in [0.717, 1.165) is 0 Å². The van der Waals surface area contributed by atoms with E-state index >= 15 is 0 Å². The van der Waals surface area contributed by atoms with Crippen LogP contribution in [-0.2, 0) is 0 Å². The maximum atomic E-state index is 3.95. The van der Waals surface area contributed by atoms with Crippen LogP contribution in [0.2, 0.25) is 0 Å². The highest BCUT2D eigenvalue weighted by molar-refractivity contribution is 9.09. The topological polar surface area (TPSA) is 27.6 Å². The second-order valence-electron chi connectivity index (χ2n) is 5.63. The Labute approximate surface area is 173 Å². The Morgan fingerprint density at radius 2 is 0.905 bits per heavy atom. The van der Waals surface area contributed by atoms with E-state index in [1.165, 1.54) is 89.9 Å². The molecule has 0 aromatic rings. The van der Waals surface area contributed by atoms with Gasteiger partial charge in [-0.15, -0.1) is 0 Å². The molecule has 21 heavy (non-hydrogen) atoms. The van der Waals surface area contributed by atoms with Crippen molar-refractivity contribution < 1.29 is 56.7 Å². The van der Waals surface area contributed by atoms with Crippen molar-refractivity contribution in [3.8, 4) is 0 Å². The molecule has 0 aliphatic carbocycles. The third-order valence-electron chi connectivity index (χ3n) is 3.62. The predicted molar refractivity (Wildman–Crippen MR) is 85.9 cm³/mol. The fourth-order valence-electron chi connectivity index (χ4n) is 2.38. The summed E-state index contributed by atoms with van der Waals surface area (Å²) < 4.78 is 0. The van der Waals surface area contributed by atoms with Gasteiger partial charge in [0.25, 0.3) is 0 Å². The monoisotopic (exact) mass is 557 g/mol. The molecule has 0 aromatic heterocycles. The van der Waals surface area contributed by atoms with Crippen molar-refractivity contribution in [1.29, 1.82) is 0 Å². The highest BCUT2D eigenvalue weighted by atomic mass is 79.9. The SMILES string of the molecule is CCCCCCCCCCCCCCCC([NH3+])Br.[Br-].[Br-].[Br-]. The first-order valence-electron chi connectivity index (χ1n) is 8.24. The molecule has 5 heteroatoms. The van der Waals surface area contributed by atoms with Crippen LogP contribution in [0.3, 0.4) is 0 Å². The quantitative estimate of drug-likeness (QED) is 0.129. The van der Waals surface area contributed by atoms with Crippen molar-refractivity contribution in [1.82, 2.24) is 0 Å². The zero-order chi connectivity index (χ0) is 13.5. The van der Waals surface area contributed by atoms with Gasteiger partial charge in [-0.1, -0.05) is 84.0 Å². The summed E-state index contributed by atoms with van der Waals surface area (Å²) in [6, 6.07) is 0. The van der Waals surface area contributed by atoms with Crippen LogP contribution in [0.15, 0.2) is 0 Å². The molecule has 0 bridgehead atoms. The summed E-state index contributed by atoms with van der Waals surface area (Å²) >= 11 is 3.50. The molecule has 3 N–H and O–H groups in total. The van der Waals surface area contributed by atoms with Gasteiger partial charge in [0, 0.05) is 6.42 Å². The standard InChI is InChI=1S/C16H34BrN.3BrH/c1-2-3-4-5-6-7-8-9-10-11-12-13-14-15-16(17)18;;;/h16H,2-15,18H2,1H3;3*1H/p-2. The molecular weight excluding hydrogens is 526 g/mol. The van der Waals surface area contributed by atoms with Crippen LogP contribution < -0.4 is 56.7 Å². The number of rotatable bonds is 14. The Kier molecular flexibility index (Phi) is 39.2. The molecule has 0 radical (unpaired) electrons. The van der Waals surface area contributed by atoms with Gasteiger partial charge in [-0.05, 0) is 22.4 Å². The number of alkyl halides is 1. The van der Waals surface area contributed by atoms with E-state index in [1.807, 2.05) is 0 Å². The van der Waals surface area contributed by atoms with Crippen LogP contribution >= 0.6 is 15.9 Å². The molecule has 134 valence electrons. The van der Waals surface area contributed by atoms with Gasteiger partial charge in [-0.25, -0.2) is 0 Å². The van der Waals surface area contributed by atoms with Crippen molar-refractivity contribution in [2.75, 3.05) is 0 Å². The Bertz CT molecular complexity index is 157. The summed E-state index contributed by atoms with van der Waals surface area (Å²) in [6.45, 7) is 2.29. The normalized spacial score (nSPS) is 11.0. The average Bonchev–Trinajstić information content (AvgIpc) is 2.34. The van der Waals surface area contributed by atoms with Crippen molar-refractivity contribution >= 4 is 15.9 Å². The molecule has 0 amide bonds. The molecule has 0 saturated carbocycles. The van der Waals surface area contributed by atoms with Gasteiger partial charge in [0.1, 0.15) is 4.95 Å². The molecule has 0 fully saturated rings. The van der Waals surface area contributed by atoms with Gasteiger partial charge in [0.05, 0.1) is 0 Å². The Morgan fingerprint density at radius 3 is 1.19 bits per heavy atom. The van der Waals surface area contributed by atoms with Crippen LogP contribution in [0.5, 0.6) is 0 Å². The van der Waals surface area contributed by atoms with E-state index in [-0.39, 0.29) is 50.9 Å². The zero-order valence-corrected chi connectivity index (χ0v) is 20.0. The van der Waals surface area contributed by atoms with Crippen LogP contribution in [0, 0.1) is 0 Å². The summed E-state index contributed by atoms with van der Waals surface area (Å²) in [7, 11) is 0. The Balaban J connectivity index is -0.000000482. The van der Waals surface area contributed by atoms with Crippen LogP contribution in [-0.4, -0.2) is 4.95 Å². The number of halogens is 4. The summed E-state index contributed by atoms with van der Waals surface area (Å²) in [5.41, 5.74) is 3.95. The molecule has 0 aliphatic rings. The van der Waals surface area contributed by atoms with Crippen LogP contribution in [0.4, 0.5) is 0 Å². The zero-order valence-electron chi connectivity index (χ0n) is 13.7. The Morgan fingerprint density at radius 1 is 0.619 bits per heavy atom. The van der Waals surface area contributed by atoms with E-state index in [1.54, 1.807) is 0 Å². The van der Waals surface area contributed by atoms with Crippen molar-refractivity contribution in [3.05, 3.63) is 0 Å². The summed E-state index contributed by atoms with van der Waals surface area (Å²) in [4.78, 5) is 0.463. The van der Waals surface area contributed by atoms with Gasteiger partial charge in [-0.3, -0.25) is 0 Å². The van der Waals surface area contributed by atoms with Gasteiger partial charge in [-0.2, -0.15) is 0 Å². The first-order chi connectivity index (χ1) is 8.77. The molecule has 1 nitrogen and oxygen atoms in total. The van der Waals surface area contributed by atoms with Gasteiger partial charge in [0.15, 0.2) is 0 Å². The van der Waals surface area contributed by atoms with Gasteiger partial charge >= 0.3 is 0 Å². The van der Waals surface area contributed by atoms with Gasteiger partial charge < -0.3 is 56.7 Å². The molecular formula is C16H35Br4N-2. The highest BCUT2D eigenvalue weighted by Gasteiger charge is 1.98. The maximum Gasteiger partial charge on any atom is 0.139 e. The number of quaternary nitrogens is 1. The second kappa shape index (κ2) is 26.8. The van der Waals surface area contributed by atoms with E-state index < -0.39 is 0 Å². The minimum absolute atomic E-state index is 0. The fraction of sp³-hybridized carbons (Fsp3) is 1.00. The van der Waals surface area contributed by atoms with Crippen LogP contribution in [0.25, 0.3) is 0 Å². The lowest BCUT2D eigenvalue weighted by molar-refractivity contribution is -0.384. The fourth-order valence-corrected chi connectivity index (χ4v) is 2.71. The number of hydrogen-bond acceptors (Lipinski definition) is 0. The van der Waals surface area contributed by atoms with Crippen LogP contribution in [0.1, 0.15) is 96.8 Å². The first-order valence-corrected chi connectivity index (χ1v) is 9.16. The third kappa shape index (κ3) is 30.3. The molecule has 1 atom stereocenters. The average molecular weight is 561 g/mol. The summed E-state index contributed by atoms with van der Waals surface area (Å²) in [6.07, 6.45) is 19.9. The molecule has 1 unspecified atom stereocenters. The van der Waals surface area contributed by atoms with Crippen molar-refractivity contribution in [2.45, 2.75) is 102 Å². The van der Waals surface area contributed by atoms with E-state index in [4.69, 9.17) is 0 Å². The van der Waals surface area contributed by atoms with E-state index in [2.05, 4.69) is 28.6 Å². The molecule has 0 aromatic carbocycles. The van der Waals surface area contributed by atoms with Crippen molar-refractivity contribution in [2.24, 2.45) is 0 Å². The van der Waals surface area contributed by atoms with Crippen molar-refractivity contribution in [3.63, 3.8) is 0 Å². The van der Waals surface area contributed by atoms with Gasteiger partial charge in [0.2, 0.25) is 0 Å². The first kappa shape index (κ1) is 30.7. The number of hydrogen-bond donors (Lipinski definition) is 1. The molecule has 0 aliphatic heterocycles. The lowest BCUT2D eigenvalue weighted by atomic mass is 10.0.